The zero-order valence-electron chi connectivity index (χ0n) is 13.3. The van der Waals surface area contributed by atoms with Crippen molar-refractivity contribution < 1.29 is 4.79 Å². The highest BCUT2D eigenvalue weighted by atomic mass is 16.2. The summed E-state index contributed by atoms with van der Waals surface area (Å²) in [6, 6.07) is 25.4. The highest BCUT2D eigenvalue weighted by Crippen LogP contribution is 2.08. The van der Waals surface area contributed by atoms with E-state index in [1.54, 1.807) is 24.4 Å². The number of nitrogens with one attached hydrogen (secondary N) is 1. The molecule has 0 atom stereocenters. The number of benzene rings is 2. The lowest BCUT2D eigenvalue weighted by Gasteiger charge is -2.23. The molecule has 1 heterocycles. The Bertz CT molecular complexity index is 719. The number of rotatable bonds is 6. The largest absolute Gasteiger partial charge is 0.284 e. The summed E-state index contributed by atoms with van der Waals surface area (Å²) in [4.78, 5) is 16.5. The summed E-state index contributed by atoms with van der Waals surface area (Å²) in [7, 11) is 0. The quantitative estimate of drug-likeness (QED) is 0.709. The summed E-state index contributed by atoms with van der Waals surface area (Å²) >= 11 is 0. The van der Waals surface area contributed by atoms with Crippen LogP contribution in [0, 0.1) is 0 Å². The highest BCUT2D eigenvalue weighted by Gasteiger charge is 2.13. The van der Waals surface area contributed by atoms with Crippen molar-refractivity contribution in [3.05, 3.63) is 102 Å². The molecule has 0 aliphatic rings. The molecule has 4 nitrogen and oxygen atoms in total. The highest BCUT2D eigenvalue weighted by molar-refractivity contribution is 5.91. The van der Waals surface area contributed by atoms with Gasteiger partial charge < -0.3 is 0 Å². The molecule has 0 saturated carbocycles. The van der Waals surface area contributed by atoms with Gasteiger partial charge in [-0.05, 0) is 23.3 Å². The first kappa shape index (κ1) is 15.9. The van der Waals surface area contributed by atoms with Crippen molar-refractivity contribution in [1.29, 1.82) is 0 Å². The Morgan fingerprint density at radius 2 is 1.33 bits per heavy atom. The third kappa shape index (κ3) is 4.51. The Kier molecular flexibility index (Phi) is 5.32. The van der Waals surface area contributed by atoms with Gasteiger partial charge in [-0.25, -0.2) is 5.01 Å². The van der Waals surface area contributed by atoms with Gasteiger partial charge in [0.2, 0.25) is 0 Å². The maximum Gasteiger partial charge on any atom is 0.284 e. The predicted molar refractivity (Wildman–Crippen MR) is 93.8 cm³/mol. The minimum atomic E-state index is -0.206. The van der Waals surface area contributed by atoms with Crippen molar-refractivity contribution in [2.75, 3.05) is 0 Å². The lowest BCUT2D eigenvalue weighted by molar-refractivity contribution is 0.0754. The molecule has 3 aromatic rings. The summed E-state index contributed by atoms with van der Waals surface area (Å²) < 4.78 is 0. The normalized spacial score (nSPS) is 10.5. The number of carbonyl (C=O) groups excluding carboxylic acids is 1. The molecule has 0 aliphatic carbocycles. The van der Waals surface area contributed by atoms with Crippen molar-refractivity contribution in [1.82, 2.24) is 15.4 Å². The Morgan fingerprint density at radius 3 is 1.83 bits per heavy atom. The minimum Gasteiger partial charge on any atom is -0.283 e. The van der Waals surface area contributed by atoms with E-state index in [-0.39, 0.29) is 5.91 Å². The molecular formula is C20H19N3O. The Morgan fingerprint density at radius 1 is 0.792 bits per heavy atom. The van der Waals surface area contributed by atoms with Gasteiger partial charge >= 0.3 is 0 Å². The number of nitrogens with zero attached hydrogens (tertiary/aromatic N) is 2. The number of hydrogen-bond donors (Lipinski definition) is 1. The molecule has 1 N–H and O–H groups in total. The molecule has 1 aromatic heterocycles. The van der Waals surface area contributed by atoms with Gasteiger partial charge in [-0.3, -0.25) is 15.2 Å². The third-order valence-electron chi connectivity index (χ3n) is 3.59. The summed E-state index contributed by atoms with van der Waals surface area (Å²) in [6.45, 7) is 1.24. The van der Waals surface area contributed by atoms with Crippen molar-refractivity contribution in [2.45, 2.75) is 13.1 Å². The molecule has 0 radical (unpaired) electrons. The van der Waals surface area contributed by atoms with Gasteiger partial charge in [-0.1, -0.05) is 66.7 Å². The van der Waals surface area contributed by atoms with Crippen LogP contribution in [0.25, 0.3) is 0 Å². The van der Waals surface area contributed by atoms with Crippen LogP contribution in [0.5, 0.6) is 0 Å². The van der Waals surface area contributed by atoms with Gasteiger partial charge in [-0.2, -0.15) is 0 Å². The second-order valence-corrected chi connectivity index (χ2v) is 5.48. The fraction of sp³-hybridized carbons (Fsp3) is 0.100. The SMILES string of the molecule is O=C(NN(Cc1ccccc1)Cc1ccccc1)c1ccccn1. The molecule has 0 fully saturated rings. The number of amides is 1. The topological polar surface area (TPSA) is 45.2 Å². The van der Waals surface area contributed by atoms with Gasteiger partial charge in [-0.15, -0.1) is 0 Å². The van der Waals surface area contributed by atoms with E-state index in [2.05, 4.69) is 10.4 Å². The molecule has 2 aromatic carbocycles. The Labute approximate surface area is 141 Å². The molecule has 0 bridgehead atoms. The van der Waals surface area contributed by atoms with Crippen molar-refractivity contribution >= 4 is 5.91 Å². The fourth-order valence-corrected chi connectivity index (χ4v) is 2.44. The smallest absolute Gasteiger partial charge is 0.283 e. The van der Waals surface area contributed by atoms with Gasteiger partial charge in [0.15, 0.2) is 0 Å². The summed E-state index contributed by atoms with van der Waals surface area (Å²) in [5.41, 5.74) is 5.64. The van der Waals surface area contributed by atoms with Gasteiger partial charge in [0.1, 0.15) is 5.69 Å². The second kappa shape index (κ2) is 8.04. The number of hydrazine groups is 1. The van der Waals surface area contributed by atoms with Gasteiger partial charge in [0.05, 0.1) is 0 Å². The molecule has 0 saturated heterocycles. The van der Waals surface area contributed by atoms with E-state index >= 15 is 0 Å². The van der Waals surface area contributed by atoms with Crippen LogP contribution in [0.2, 0.25) is 0 Å². The van der Waals surface area contributed by atoms with Crippen molar-refractivity contribution in [3.63, 3.8) is 0 Å². The number of hydrogen-bond acceptors (Lipinski definition) is 3. The van der Waals surface area contributed by atoms with E-state index in [9.17, 15) is 4.79 Å². The second-order valence-electron chi connectivity index (χ2n) is 5.48. The van der Waals surface area contributed by atoms with Gasteiger partial charge in [0, 0.05) is 19.3 Å². The Hall–Kier alpha value is -2.98. The summed E-state index contributed by atoms with van der Waals surface area (Å²) in [5.74, 6) is -0.206. The zero-order chi connectivity index (χ0) is 16.6. The average Bonchev–Trinajstić information content (AvgIpc) is 2.64. The minimum absolute atomic E-state index is 0.206. The number of pyridine rings is 1. The number of carbonyl (C=O) groups is 1. The fourth-order valence-electron chi connectivity index (χ4n) is 2.44. The van der Waals surface area contributed by atoms with Crippen LogP contribution in [0.3, 0.4) is 0 Å². The molecule has 4 heteroatoms. The molecule has 24 heavy (non-hydrogen) atoms. The molecule has 1 amide bonds. The third-order valence-corrected chi connectivity index (χ3v) is 3.59. The molecule has 0 aliphatic heterocycles. The van der Waals surface area contributed by atoms with Crippen LogP contribution in [-0.2, 0) is 13.1 Å². The lowest BCUT2D eigenvalue weighted by Crippen LogP contribution is -2.41. The molecule has 120 valence electrons. The Balaban J connectivity index is 1.75. The first-order valence-corrected chi connectivity index (χ1v) is 7.86. The zero-order valence-corrected chi connectivity index (χ0v) is 13.3. The van der Waals surface area contributed by atoms with Gasteiger partial charge in [0.25, 0.3) is 5.91 Å². The van der Waals surface area contributed by atoms with E-state index in [0.717, 1.165) is 11.1 Å². The maximum absolute atomic E-state index is 12.4. The van der Waals surface area contributed by atoms with Crippen molar-refractivity contribution in [2.24, 2.45) is 0 Å². The van der Waals surface area contributed by atoms with Crippen molar-refractivity contribution in [3.8, 4) is 0 Å². The maximum atomic E-state index is 12.4. The number of aromatic nitrogens is 1. The first-order valence-electron chi connectivity index (χ1n) is 7.86. The molecule has 0 spiro atoms. The van der Waals surface area contributed by atoms with Crippen LogP contribution in [0.1, 0.15) is 21.6 Å². The van der Waals surface area contributed by atoms with Crippen LogP contribution < -0.4 is 5.43 Å². The van der Waals surface area contributed by atoms with Crippen LogP contribution in [0.15, 0.2) is 85.1 Å². The van der Waals surface area contributed by atoms with E-state index in [1.165, 1.54) is 0 Å². The van der Waals surface area contributed by atoms with E-state index in [4.69, 9.17) is 0 Å². The van der Waals surface area contributed by atoms with E-state index in [1.807, 2.05) is 65.7 Å². The lowest BCUT2D eigenvalue weighted by atomic mass is 10.2. The summed E-state index contributed by atoms with van der Waals surface area (Å²) in [5, 5.41) is 1.90. The van der Waals surface area contributed by atoms with Crippen LogP contribution >= 0.6 is 0 Å². The van der Waals surface area contributed by atoms with E-state index < -0.39 is 0 Å². The summed E-state index contributed by atoms with van der Waals surface area (Å²) in [6.07, 6.45) is 1.62. The predicted octanol–water partition coefficient (Wildman–Crippen LogP) is 3.43. The standard InChI is InChI=1S/C20H19N3O/c24-20(19-13-7-8-14-21-19)22-23(15-17-9-3-1-4-10-17)16-18-11-5-2-6-12-18/h1-14H,15-16H2,(H,22,24). The molecule has 3 rings (SSSR count). The molecule has 0 unspecified atom stereocenters. The average molecular weight is 317 g/mol. The van der Waals surface area contributed by atoms with E-state index in [0.29, 0.717) is 18.8 Å². The van der Waals surface area contributed by atoms with Crippen LogP contribution in [-0.4, -0.2) is 15.9 Å². The van der Waals surface area contributed by atoms with Crippen LogP contribution in [0.4, 0.5) is 0 Å². The molecular weight excluding hydrogens is 298 g/mol. The first-order chi connectivity index (χ1) is 11.8. The monoisotopic (exact) mass is 317 g/mol.